The van der Waals surface area contributed by atoms with Gasteiger partial charge in [0.1, 0.15) is 19.9 Å². The van der Waals surface area contributed by atoms with Crippen LogP contribution >= 0.6 is 0 Å². The van der Waals surface area contributed by atoms with Gasteiger partial charge in [-0.05, 0) is 12.1 Å². The van der Waals surface area contributed by atoms with Gasteiger partial charge in [-0.25, -0.2) is 4.79 Å². The summed E-state index contributed by atoms with van der Waals surface area (Å²) in [5, 5.41) is 17.8. The minimum atomic E-state index is -1.24. The van der Waals surface area contributed by atoms with Gasteiger partial charge in [-0.2, -0.15) is 0 Å². The Kier molecular flexibility index (Phi) is 4.24. The maximum atomic E-state index is 10.5. The summed E-state index contributed by atoms with van der Waals surface area (Å²) in [6.07, 6.45) is 0. The summed E-state index contributed by atoms with van der Waals surface area (Å²) >= 11 is 0. The highest BCUT2D eigenvalue weighted by Crippen LogP contribution is 2.23. The number of nitrogens with two attached hydrogens (primary N) is 1. The first-order chi connectivity index (χ1) is 8.23. The van der Waals surface area contributed by atoms with Gasteiger partial charge in [0.15, 0.2) is 7.98 Å². The first kappa shape index (κ1) is 10.5. The quantitative estimate of drug-likeness (QED) is 0.372. The Hall–Kier alpha value is -2.02. The van der Waals surface area contributed by atoms with Gasteiger partial charge in [-0.3, -0.25) is 4.79 Å². The van der Waals surface area contributed by atoms with Gasteiger partial charge in [-0.15, -0.1) is 0 Å². The number of benzene rings is 1. The first-order valence-corrected chi connectivity index (χ1v) is 4.01. The summed E-state index contributed by atoms with van der Waals surface area (Å²) in [5.74, 6) is -2.10. The highest BCUT2D eigenvalue weighted by atomic mass is 16.5. The van der Waals surface area contributed by atoms with E-state index in [1.807, 2.05) is 0 Å². The van der Waals surface area contributed by atoms with Crippen LogP contribution in [-0.2, 0) is 4.79 Å². The van der Waals surface area contributed by atoms with Crippen molar-refractivity contribution in [2.45, 2.75) is 6.92 Å². The van der Waals surface area contributed by atoms with E-state index < -0.39 is 17.7 Å². The summed E-state index contributed by atoms with van der Waals surface area (Å²) in [6.45, 7) is 1.21. The number of hydrogen-bond acceptors (Lipinski definition) is 5. The predicted molar refractivity (Wildman–Crippen MR) is 56.3 cm³/mol. The Morgan fingerprint density at radius 2 is 2.12 bits per heavy atom. The van der Waals surface area contributed by atoms with E-state index in [1.54, 1.807) is 0 Å². The van der Waals surface area contributed by atoms with E-state index in [2.05, 4.69) is 12.7 Å². The fourth-order valence-electron chi connectivity index (χ4n) is 0.922. The lowest BCUT2D eigenvalue weighted by molar-refractivity contribution is -0.131. The lowest BCUT2D eigenvalue weighted by atomic mass is 10.2. The first-order valence-electron chi connectivity index (χ1n) is 4.90. The number of carbonyl (C=O) groups excluding carboxylic acids is 1. The van der Waals surface area contributed by atoms with Crippen LogP contribution in [0.4, 0.5) is 0 Å². The van der Waals surface area contributed by atoms with Gasteiger partial charge < -0.3 is 20.6 Å². The fraction of sp³-hybridized carbons (Fsp3) is 0.111. The topological polar surface area (TPSA) is 110 Å². The van der Waals surface area contributed by atoms with Crippen molar-refractivity contribution in [3.8, 4) is 11.5 Å². The fourth-order valence-corrected chi connectivity index (χ4v) is 0.922. The van der Waals surface area contributed by atoms with Crippen molar-refractivity contribution in [2.75, 3.05) is 0 Å². The molecule has 1 aromatic rings. The normalized spacial score (nSPS) is 10.6. The zero-order chi connectivity index (χ0) is 14.3. The van der Waals surface area contributed by atoms with Crippen LogP contribution in [0.2, 0.25) is 2.82 Å². The molecule has 0 saturated heterocycles. The molecule has 2 radical (unpaired) electrons. The molecule has 0 aromatic heterocycles. The maximum absolute atomic E-state index is 10.5. The molecule has 0 spiro atoms. The van der Waals surface area contributed by atoms with Crippen LogP contribution in [0.15, 0.2) is 18.2 Å². The number of hydrogen-bond donors (Lipinski definition) is 3. The molecular weight excluding hydrogens is 213 g/mol. The van der Waals surface area contributed by atoms with Gasteiger partial charge in [0.25, 0.3) is 0 Å². The van der Waals surface area contributed by atoms with Crippen molar-refractivity contribution < 1.29 is 27.4 Å². The second-order valence-electron chi connectivity index (χ2n) is 2.58. The molecule has 16 heavy (non-hydrogen) atoms. The number of ether oxygens (including phenoxy) is 1. The summed E-state index contributed by atoms with van der Waals surface area (Å²) in [6, 6.07) is 3.53. The molecule has 0 heterocycles. The molecule has 0 atom stereocenters. The number of carboxylic acid groups (broad SMARTS) is 1. The molecular formula is C9H10BNO5. The summed E-state index contributed by atoms with van der Waals surface area (Å²) in [4.78, 5) is 21.0. The third-order valence-corrected chi connectivity index (χ3v) is 1.46. The minimum Gasteiger partial charge on any atom is -0.507 e. The summed E-state index contributed by atoms with van der Waals surface area (Å²) < 4.78 is 16.4. The van der Waals surface area contributed by atoms with Crippen molar-refractivity contribution in [3.05, 3.63) is 23.8 Å². The summed E-state index contributed by atoms with van der Waals surface area (Å²) in [7, 11) is 4.28. The zero-order valence-electron chi connectivity index (χ0n) is 10.4. The van der Waals surface area contributed by atoms with Crippen molar-refractivity contribution in [1.29, 1.82) is 0 Å². The lowest BCUT2D eigenvalue weighted by Gasteiger charge is -2.03. The number of rotatable bonds is 2. The average Bonchev–Trinajstić information content (AvgIpc) is 2.14. The predicted octanol–water partition coefficient (Wildman–Crippen LogP) is 0.0443. The van der Waals surface area contributed by atoms with E-state index in [4.69, 9.17) is 7.93 Å². The smallest absolute Gasteiger partial charge is 0.339 e. The Morgan fingerprint density at radius 3 is 2.50 bits per heavy atom. The Morgan fingerprint density at radius 1 is 1.56 bits per heavy atom. The molecule has 0 saturated carbocycles. The third-order valence-electron chi connectivity index (χ3n) is 1.46. The molecule has 0 aliphatic rings. The number of aromatic hydroxyl groups is 1. The minimum absolute atomic E-state index is 0. The molecule has 6 nitrogen and oxygen atoms in total. The van der Waals surface area contributed by atoms with Crippen LogP contribution < -0.4 is 10.4 Å². The monoisotopic (exact) mass is 225 g/mol. The van der Waals surface area contributed by atoms with Gasteiger partial charge in [0.2, 0.25) is 0 Å². The van der Waals surface area contributed by atoms with E-state index in [0.29, 0.717) is 0 Å². The highest BCUT2D eigenvalue weighted by molar-refractivity contribution is 6.02. The molecule has 7 heteroatoms. The number of carbonyl (C=O) groups is 2. The Bertz CT molecular complexity index is 438. The van der Waals surface area contributed by atoms with Crippen molar-refractivity contribution in [2.24, 2.45) is 5.63 Å². The Balaban J connectivity index is 0.000000631. The molecule has 84 valence electrons. The lowest BCUT2D eigenvalue weighted by Crippen LogP contribution is -2.02. The van der Waals surface area contributed by atoms with Gasteiger partial charge in [-0.1, -0.05) is 0 Å². The van der Waals surface area contributed by atoms with Gasteiger partial charge >= 0.3 is 11.9 Å². The summed E-state index contributed by atoms with van der Waals surface area (Å²) in [5.41, 5.74) is -0.235. The number of aromatic carboxylic acids is 1. The molecule has 0 aliphatic heterocycles. The molecule has 0 unspecified atom stereocenters. The standard InChI is InChI=1S/C9H8O5.BH2N/c1-5(10)14-6-2-3-7(9(12)13)8(11)4-6;1-2/h2-4,11H,1H3,(H,12,13);2H2/i;2D2. The van der Waals surface area contributed by atoms with Crippen LogP contribution in [-0.4, -0.2) is 30.1 Å². The van der Waals surface area contributed by atoms with Crippen LogP contribution in [0.25, 0.3) is 0 Å². The van der Waals surface area contributed by atoms with E-state index in [-0.39, 0.29) is 16.9 Å². The molecule has 0 fully saturated rings. The van der Waals surface area contributed by atoms with Crippen LogP contribution in [0.1, 0.15) is 17.3 Å². The highest BCUT2D eigenvalue weighted by Gasteiger charge is 2.10. The zero-order valence-corrected chi connectivity index (χ0v) is 8.38. The van der Waals surface area contributed by atoms with Crippen molar-refractivity contribution in [1.82, 2.24) is 0 Å². The van der Waals surface area contributed by atoms with Crippen molar-refractivity contribution >= 4 is 19.9 Å². The Labute approximate surface area is 96.0 Å². The maximum Gasteiger partial charge on any atom is 0.339 e. The van der Waals surface area contributed by atoms with Crippen LogP contribution in [0.3, 0.4) is 0 Å². The second kappa shape index (κ2) is 6.47. The second-order valence-corrected chi connectivity index (χ2v) is 2.58. The third kappa shape index (κ3) is 4.01. The van der Waals surface area contributed by atoms with Crippen LogP contribution in [0, 0.1) is 0 Å². The van der Waals surface area contributed by atoms with Crippen LogP contribution in [0.5, 0.6) is 11.5 Å². The number of esters is 1. The molecule has 4 N–H and O–H groups in total. The molecule has 1 aromatic carbocycles. The van der Waals surface area contributed by atoms with E-state index in [9.17, 15) is 14.7 Å². The number of carboxylic acids is 1. The van der Waals surface area contributed by atoms with E-state index in [1.165, 1.54) is 13.0 Å². The largest absolute Gasteiger partial charge is 0.507 e. The average molecular weight is 225 g/mol. The van der Waals surface area contributed by atoms with E-state index in [0.717, 1.165) is 12.1 Å². The SMILES string of the molecule is CC(=O)Oc1ccc(C(=O)O)c(O)c1.[2H]N([2H])[B]. The number of phenols is 1. The molecule has 0 amide bonds. The molecule has 0 bridgehead atoms. The molecule has 1 rings (SSSR count). The van der Waals surface area contributed by atoms with E-state index >= 15 is 0 Å². The van der Waals surface area contributed by atoms with Crippen molar-refractivity contribution in [3.63, 3.8) is 0 Å². The van der Waals surface area contributed by atoms with Gasteiger partial charge in [0, 0.05) is 13.0 Å². The van der Waals surface area contributed by atoms with Gasteiger partial charge in [0.05, 0.1) is 0 Å². The molecule has 0 aliphatic carbocycles.